The fourth-order valence-electron chi connectivity index (χ4n) is 3.07. The summed E-state index contributed by atoms with van der Waals surface area (Å²) in [7, 11) is 0. The summed E-state index contributed by atoms with van der Waals surface area (Å²) in [5.41, 5.74) is 0.510. The molecule has 3 heterocycles. The molecule has 0 aliphatic carbocycles. The zero-order valence-electron chi connectivity index (χ0n) is 14.0. The van der Waals surface area contributed by atoms with Gasteiger partial charge in [0.2, 0.25) is 5.91 Å². The van der Waals surface area contributed by atoms with Crippen molar-refractivity contribution in [3.05, 3.63) is 29.3 Å². The van der Waals surface area contributed by atoms with E-state index in [0.29, 0.717) is 0 Å². The number of hydrogen-bond acceptors (Lipinski definition) is 4. The summed E-state index contributed by atoms with van der Waals surface area (Å²) in [5.74, 6) is 0.993. The lowest BCUT2D eigenvalue weighted by Gasteiger charge is -2.33. The van der Waals surface area contributed by atoms with Gasteiger partial charge in [0.15, 0.2) is 5.76 Å². The van der Waals surface area contributed by atoms with Crippen molar-refractivity contribution in [2.24, 2.45) is 5.41 Å². The van der Waals surface area contributed by atoms with Crippen molar-refractivity contribution in [1.29, 1.82) is 0 Å². The van der Waals surface area contributed by atoms with E-state index in [0.717, 1.165) is 42.1 Å². The maximum Gasteiger partial charge on any atom is 0.228 e. The molecule has 3 rings (SSSR count). The topological polar surface area (TPSA) is 46.3 Å². The van der Waals surface area contributed by atoms with Crippen molar-refractivity contribution < 1.29 is 9.32 Å². The zero-order valence-corrected chi connectivity index (χ0v) is 14.9. The van der Waals surface area contributed by atoms with Gasteiger partial charge in [-0.05, 0) is 24.3 Å². The molecule has 1 fully saturated rings. The lowest BCUT2D eigenvalue weighted by Crippen LogP contribution is -2.41. The monoisotopic (exact) mass is 332 g/mol. The molecule has 0 spiro atoms. The molecule has 1 saturated heterocycles. The standard InChI is InChI=1S/C18H24N2O2S/c1-18(2,3)17(21)20-10-6-4-5-8-14(20)13-12-15(22-19-13)16-9-7-11-23-16/h7,9,11-12,14H,4-6,8,10H2,1-3H3. The number of likely N-dealkylation sites (tertiary alicyclic amines) is 1. The molecule has 23 heavy (non-hydrogen) atoms. The van der Waals surface area contributed by atoms with Gasteiger partial charge in [0.25, 0.3) is 0 Å². The summed E-state index contributed by atoms with van der Waals surface area (Å²) in [6.45, 7) is 6.76. The third kappa shape index (κ3) is 3.50. The first-order valence-electron chi connectivity index (χ1n) is 8.28. The van der Waals surface area contributed by atoms with Gasteiger partial charge in [-0.1, -0.05) is 44.8 Å². The second-order valence-electron chi connectivity index (χ2n) is 7.21. The Labute approximate surface area is 141 Å². The molecule has 1 atom stereocenters. The maximum atomic E-state index is 12.9. The summed E-state index contributed by atoms with van der Waals surface area (Å²) in [4.78, 5) is 16.0. The van der Waals surface area contributed by atoms with Crippen LogP contribution in [0.25, 0.3) is 10.6 Å². The van der Waals surface area contributed by atoms with Crippen molar-refractivity contribution in [1.82, 2.24) is 10.1 Å². The number of nitrogens with zero attached hydrogens (tertiary/aromatic N) is 2. The maximum absolute atomic E-state index is 12.9. The number of aromatic nitrogens is 1. The number of amides is 1. The van der Waals surface area contributed by atoms with E-state index in [4.69, 9.17) is 4.52 Å². The molecular weight excluding hydrogens is 308 g/mol. The fourth-order valence-corrected chi connectivity index (χ4v) is 3.74. The van der Waals surface area contributed by atoms with Gasteiger partial charge in [-0.2, -0.15) is 0 Å². The third-order valence-electron chi connectivity index (χ3n) is 4.29. The number of carbonyl (C=O) groups excluding carboxylic acids is 1. The first-order chi connectivity index (χ1) is 11.0. The Morgan fingerprint density at radius 1 is 1.35 bits per heavy atom. The molecule has 1 aliphatic heterocycles. The third-order valence-corrected chi connectivity index (χ3v) is 5.17. The van der Waals surface area contributed by atoms with Crippen molar-refractivity contribution >= 4 is 17.2 Å². The highest BCUT2D eigenvalue weighted by atomic mass is 32.1. The van der Waals surface area contributed by atoms with Gasteiger partial charge in [0.1, 0.15) is 5.69 Å². The molecule has 1 aliphatic rings. The Morgan fingerprint density at radius 2 is 2.17 bits per heavy atom. The van der Waals surface area contributed by atoms with Crippen LogP contribution in [0.1, 0.15) is 58.2 Å². The van der Waals surface area contributed by atoms with Crippen LogP contribution in [0.3, 0.4) is 0 Å². The number of hydrogen-bond donors (Lipinski definition) is 0. The first-order valence-corrected chi connectivity index (χ1v) is 9.16. The second-order valence-corrected chi connectivity index (χ2v) is 8.15. The molecule has 1 unspecified atom stereocenters. The highest BCUT2D eigenvalue weighted by Crippen LogP contribution is 2.35. The van der Waals surface area contributed by atoms with Crippen molar-refractivity contribution in [3.8, 4) is 10.6 Å². The van der Waals surface area contributed by atoms with E-state index in [1.807, 2.05) is 49.3 Å². The molecule has 0 saturated carbocycles. The van der Waals surface area contributed by atoms with Crippen LogP contribution < -0.4 is 0 Å². The van der Waals surface area contributed by atoms with E-state index in [-0.39, 0.29) is 17.4 Å². The minimum Gasteiger partial charge on any atom is -0.355 e. The van der Waals surface area contributed by atoms with E-state index in [1.165, 1.54) is 6.42 Å². The molecule has 124 valence electrons. The molecule has 0 aromatic carbocycles. The lowest BCUT2D eigenvalue weighted by molar-refractivity contribution is -0.142. The van der Waals surface area contributed by atoms with E-state index < -0.39 is 0 Å². The van der Waals surface area contributed by atoms with Crippen LogP contribution in [0.5, 0.6) is 0 Å². The zero-order chi connectivity index (χ0) is 16.4. The molecule has 5 heteroatoms. The number of thiophene rings is 1. The number of carbonyl (C=O) groups is 1. The van der Waals surface area contributed by atoms with Crippen LogP contribution >= 0.6 is 11.3 Å². The predicted octanol–water partition coefficient (Wildman–Crippen LogP) is 4.89. The van der Waals surface area contributed by atoms with Gasteiger partial charge in [0.05, 0.1) is 10.9 Å². The van der Waals surface area contributed by atoms with E-state index >= 15 is 0 Å². The minimum absolute atomic E-state index is 0.0293. The SMILES string of the molecule is CC(C)(C)C(=O)N1CCCCCC1c1cc(-c2cccs2)on1. The smallest absolute Gasteiger partial charge is 0.228 e. The largest absolute Gasteiger partial charge is 0.355 e. The Hall–Kier alpha value is -1.62. The first kappa shape index (κ1) is 16.2. The molecule has 2 aromatic rings. The highest BCUT2D eigenvalue weighted by Gasteiger charge is 2.34. The summed E-state index contributed by atoms with van der Waals surface area (Å²) < 4.78 is 5.54. The van der Waals surface area contributed by atoms with Gasteiger partial charge < -0.3 is 9.42 Å². The molecular formula is C18H24N2O2S. The molecule has 0 N–H and O–H groups in total. The Balaban J connectivity index is 1.89. The van der Waals surface area contributed by atoms with Gasteiger partial charge in [0, 0.05) is 18.0 Å². The van der Waals surface area contributed by atoms with Crippen LogP contribution in [-0.2, 0) is 4.79 Å². The summed E-state index contributed by atoms with van der Waals surface area (Å²) in [6, 6.07) is 6.07. The lowest BCUT2D eigenvalue weighted by atomic mass is 9.93. The van der Waals surface area contributed by atoms with Gasteiger partial charge in [-0.15, -0.1) is 11.3 Å². The Kier molecular flexibility index (Phi) is 4.57. The fraction of sp³-hybridized carbons (Fsp3) is 0.556. The minimum atomic E-state index is -0.372. The predicted molar refractivity (Wildman–Crippen MR) is 92.2 cm³/mol. The highest BCUT2D eigenvalue weighted by molar-refractivity contribution is 7.13. The normalized spacial score (nSPS) is 19.6. The van der Waals surface area contributed by atoms with E-state index in [9.17, 15) is 4.79 Å². The van der Waals surface area contributed by atoms with Crippen molar-refractivity contribution in [2.45, 2.75) is 52.5 Å². The summed E-state index contributed by atoms with van der Waals surface area (Å²) in [6.07, 6.45) is 4.31. The van der Waals surface area contributed by atoms with Crippen molar-refractivity contribution in [2.75, 3.05) is 6.54 Å². The van der Waals surface area contributed by atoms with Gasteiger partial charge in [-0.3, -0.25) is 4.79 Å². The quantitative estimate of drug-likeness (QED) is 0.786. The number of rotatable bonds is 2. The second kappa shape index (κ2) is 6.48. The molecule has 2 aromatic heterocycles. The van der Waals surface area contributed by atoms with Crippen molar-refractivity contribution in [3.63, 3.8) is 0 Å². The molecule has 0 bridgehead atoms. The van der Waals surface area contributed by atoms with Crippen LogP contribution in [-0.4, -0.2) is 22.5 Å². The average Bonchev–Trinajstić information content (AvgIpc) is 3.12. The Morgan fingerprint density at radius 3 is 2.87 bits per heavy atom. The van der Waals surface area contributed by atoms with E-state index in [2.05, 4.69) is 5.16 Å². The van der Waals surface area contributed by atoms with Crippen LogP contribution in [0.4, 0.5) is 0 Å². The van der Waals surface area contributed by atoms with Crippen LogP contribution in [0, 0.1) is 5.41 Å². The average molecular weight is 332 g/mol. The summed E-state index contributed by atoms with van der Waals surface area (Å²) in [5, 5.41) is 6.32. The van der Waals surface area contributed by atoms with Gasteiger partial charge >= 0.3 is 0 Å². The van der Waals surface area contributed by atoms with Crippen LogP contribution in [0.2, 0.25) is 0 Å². The van der Waals surface area contributed by atoms with Crippen LogP contribution in [0.15, 0.2) is 28.1 Å². The van der Waals surface area contributed by atoms with Gasteiger partial charge in [-0.25, -0.2) is 0 Å². The molecule has 4 nitrogen and oxygen atoms in total. The van der Waals surface area contributed by atoms with E-state index in [1.54, 1.807) is 11.3 Å². The Bertz CT molecular complexity index is 655. The summed E-state index contributed by atoms with van der Waals surface area (Å²) >= 11 is 1.64. The molecule has 0 radical (unpaired) electrons. The molecule has 1 amide bonds.